The smallest absolute Gasteiger partial charge is 0.0110 e. The second kappa shape index (κ2) is 4.16. The van der Waals surface area contributed by atoms with E-state index in [0.29, 0.717) is 6.04 Å². The van der Waals surface area contributed by atoms with Gasteiger partial charge in [0.05, 0.1) is 0 Å². The monoisotopic (exact) mass is 193 g/mol. The van der Waals surface area contributed by atoms with Gasteiger partial charge >= 0.3 is 0 Å². The van der Waals surface area contributed by atoms with Gasteiger partial charge in [0.1, 0.15) is 0 Å². The Kier molecular flexibility index (Phi) is 2.91. The van der Waals surface area contributed by atoms with Crippen LogP contribution in [0.15, 0.2) is 35.2 Å². The molecule has 0 saturated heterocycles. The van der Waals surface area contributed by atoms with Gasteiger partial charge in [0.2, 0.25) is 0 Å². The SMILES string of the molecule is NC1CCC(Sc2ccccc2)C1. The molecule has 2 unspecified atom stereocenters. The van der Waals surface area contributed by atoms with Crippen LogP contribution in [0.4, 0.5) is 0 Å². The third-order valence-electron chi connectivity index (χ3n) is 2.47. The van der Waals surface area contributed by atoms with Gasteiger partial charge in [-0.05, 0) is 31.4 Å². The molecule has 0 bridgehead atoms. The zero-order chi connectivity index (χ0) is 9.10. The van der Waals surface area contributed by atoms with Crippen molar-refractivity contribution < 1.29 is 0 Å². The lowest BCUT2D eigenvalue weighted by Gasteiger charge is -2.08. The third-order valence-corrected chi connectivity index (χ3v) is 3.78. The Morgan fingerprint density at radius 2 is 1.92 bits per heavy atom. The van der Waals surface area contributed by atoms with Gasteiger partial charge < -0.3 is 5.73 Å². The summed E-state index contributed by atoms with van der Waals surface area (Å²) in [5.74, 6) is 0. The fourth-order valence-corrected chi connectivity index (χ4v) is 3.07. The quantitative estimate of drug-likeness (QED) is 0.781. The number of thioether (sulfide) groups is 1. The minimum Gasteiger partial charge on any atom is -0.328 e. The van der Waals surface area contributed by atoms with E-state index in [4.69, 9.17) is 5.73 Å². The predicted octanol–water partition coefficient (Wildman–Crippen LogP) is 2.66. The van der Waals surface area contributed by atoms with E-state index in [2.05, 4.69) is 30.3 Å². The van der Waals surface area contributed by atoms with Gasteiger partial charge in [-0.1, -0.05) is 18.2 Å². The molecule has 1 aromatic rings. The Balaban J connectivity index is 1.92. The van der Waals surface area contributed by atoms with Gasteiger partial charge in [0.15, 0.2) is 0 Å². The Bertz CT molecular complexity index is 260. The molecule has 2 N–H and O–H groups in total. The highest BCUT2D eigenvalue weighted by Crippen LogP contribution is 2.33. The summed E-state index contributed by atoms with van der Waals surface area (Å²) < 4.78 is 0. The highest BCUT2D eigenvalue weighted by atomic mass is 32.2. The minimum atomic E-state index is 0.446. The normalized spacial score (nSPS) is 27.8. The van der Waals surface area contributed by atoms with Crippen molar-refractivity contribution in [1.82, 2.24) is 0 Å². The van der Waals surface area contributed by atoms with Gasteiger partial charge in [0.25, 0.3) is 0 Å². The van der Waals surface area contributed by atoms with Crippen LogP contribution in [-0.4, -0.2) is 11.3 Å². The molecule has 1 aromatic carbocycles. The third kappa shape index (κ3) is 2.48. The summed E-state index contributed by atoms with van der Waals surface area (Å²) in [5.41, 5.74) is 5.87. The Hall–Kier alpha value is -0.470. The summed E-state index contributed by atoms with van der Waals surface area (Å²) in [4.78, 5) is 1.38. The molecule has 2 atom stereocenters. The second-order valence-corrected chi connectivity index (χ2v) is 5.00. The lowest BCUT2D eigenvalue weighted by Crippen LogP contribution is -2.15. The predicted molar refractivity (Wildman–Crippen MR) is 57.9 cm³/mol. The molecule has 0 heterocycles. The molecule has 1 saturated carbocycles. The molecule has 0 aliphatic heterocycles. The molecule has 1 fully saturated rings. The molecular weight excluding hydrogens is 178 g/mol. The molecule has 70 valence electrons. The maximum atomic E-state index is 5.87. The van der Waals surface area contributed by atoms with E-state index in [9.17, 15) is 0 Å². The highest BCUT2D eigenvalue weighted by molar-refractivity contribution is 8.00. The maximum absolute atomic E-state index is 5.87. The minimum absolute atomic E-state index is 0.446. The molecule has 0 amide bonds. The van der Waals surface area contributed by atoms with Crippen LogP contribution < -0.4 is 5.73 Å². The zero-order valence-electron chi connectivity index (χ0n) is 7.65. The van der Waals surface area contributed by atoms with Crippen LogP contribution in [-0.2, 0) is 0 Å². The van der Waals surface area contributed by atoms with Crippen molar-refractivity contribution in [3.8, 4) is 0 Å². The molecule has 2 heteroatoms. The standard InChI is InChI=1S/C11H15NS/c12-9-6-7-11(8-9)13-10-4-2-1-3-5-10/h1-5,9,11H,6-8,12H2. The molecule has 2 rings (SSSR count). The first-order valence-corrected chi connectivity index (χ1v) is 5.70. The maximum Gasteiger partial charge on any atom is 0.0110 e. The van der Waals surface area contributed by atoms with Crippen LogP contribution >= 0.6 is 11.8 Å². The molecule has 1 aliphatic rings. The summed E-state index contributed by atoms with van der Waals surface area (Å²) in [6, 6.07) is 11.0. The van der Waals surface area contributed by atoms with Crippen molar-refractivity contribution in [2.45, 2.75) is 35.4 Å². The summed E-state index contributed by atoms with van der Waals surface area (Å²) >= 11 is 1.97. The number of nitrogens with two attached hydrogens (primary N) is 1. The molecule has 0 aromatic heterocycles. The summed E-state index contributed by atoms with van der Waals surface area (Å²) in [7, 11) is 0. The van der Waals surface area contributed by atoms with Gasteiger partial charge in [-0.3, -0.25) is 0 Å². The van der Waals surface area contributed by atoms with Gasteiger partial charge in [-0.25, -0.2) is 0 Å². The Morgan fingerprint density at radius 1 is 1.15 bits per heavy atom. The second-order valence-electron chi connectivity index (χ2n) is 3.63. The molecule has 1 nitrogen and oxygen atoms in total. The summed E-state index contributed by atoms with van der Waals surface area (Å²) in [6.45, 7) is 0. The van der Waals surface area contributed by atoms with Crippen LogP contribution in [0, 0.1) is 0 Å². The van der Waals surface area contributed by atoms with Gasteiger partial charge in [-0.15, -0.1) is 11.8 Å². The topological polar surface area (TPSA) is 26.0 Å². The first-order valence-electron chi connectivity index (χ1n) is 4.82. The Morgan fingerprint density at radius 3 is 2.54 bits per heavy atom. The van der Waals surface area contributed by atoms with E-state index >= 15 is 0 Å². The lowest BCUT2D eigenvalue weighted by atomic mass is 10.3. The summed E-state index contributed by atoms with van der Waals surface area (Å²) in [6.07, 6.45) is 3.66. The fraction of sp³-hybridized carbons (Fsp3) is 0.455. The van der Waals surface area contributed by atoms with Crippen LogP contribution in [0.3, 0.4) is 0 Å². The lowest BCUT2D eigenvalue weighted by molar-refractivity contribution is 0.706. The zero-order valence-corrected chi connectivity index (χ0v) is 8.46. The fourth-order valence-electron chi connectivity index (χ4n) is 1.77. The summed E-state index contributed by atoms with van der Waals surface area (Å²) in [5, 5.41) is 0.748. The number of rotatable bonds is 2. The van der Waals surface area contributed by atoms with Crippen molar-refractivity contribution >= 4 is 11.8 Å². The average Bonchev–Trinajstić information content (AvgIpc) is 2.53. The van der Waals surface area contributed by atoms with Crippen LogP contribution in [0.1, 0.15) is 19.3 Å². The number of hydrogen-bond donors (Lipinski definition) is 1. The van der Waals surface area contributed by atoms with E-state index in [1.165, 1.54) is 24.2 Å². The van der Waals surface area contributed by atoms with Crippen LogP contribution in [0.5, 0.6) is 0 Å². The van der Waals surface area contributed by atoms with Crippen molar-refractivity contribution in [2.24, 2.45) is 5.73 Å². The first kappa shape index (κ1) is 9.10. The van der Waals surface area contributed by atoms with Crippen molar-refractivity contribution in [1.29, 1.82) is 0 Å². The van der Waals surface area contributed by atoms with E-state index in [-0.39, 0.29) is 0 Å². The van der Waals surface area contributed by atoms with E-state index in [1.807, 2.05) is 11.8 Å². The van der Waals surface area contributed by atoms with Crippen molar-refractivity contribution in [3.63, 3.8) is 0 Å². The average molecular weight is 193 g/mol. The molecule has 13 heavy (non-hydrogen) atoms. The molecule has 1 aliphatic carbocycles. The van der Waals surface area contributed by atoms with Crippen LogP contribution in [0.2, 0.25) is 0 Å². The van der Waals surface area contributed by atoms with E-state index in [1.54, 1.807) is 0 Å². The van der Waals surface area contributed by atoms with E-state index < -0.39 is 0 Å². The molecule has 0 radical (unpaired) electrons. The largest absolute Gasteiger partial charge is 0.328 e. The van der Waals surface area contributed by atoms with Crippen molar-refractivity contribution in [2.75, 3.05) is 0 Å². The van der Waals surface area contributed by atoms with Gasteiger partial charge in [0, 0.05) is 16.2 Å². The number of hydrogen-bond acceptors (Lipinski definition) is 2. The van der Waals surface area contributed by atoms with Gasteiger partial charge in [-0.2, -0.15) is 0 Å². The number of benzene rings is 1. The van der Waals surface area contributed by atoms with Crippen molar-refractivity contribution in [3.05, 3.63) is 30.3 Å². The molecular formula is C11H15NS. The highest BCUT2D eigenvalue weighted by Gasteiger charge is 2.22. The van der Waals surface area contributed by atoms with E-state index in [0.717, 1.165) is 5.25 Å². The first-order chi connectivity index (χ1) is 6.34. The molecule has 0 spiro atoms. The Labute approximate surface area is 83.7 Å². The van der Waals surface area contributed by atoms with Crippen LogP contribution in [0.25, 0.3) is 0 Å².